The SMILES string of the molecule is CN(CC1(O)CCCC1)C(=O)CCc1cn(C)c2ccccc12. The van der Waals surface area contributed by atoms with Crippen molar-refractivity contribution in [3.05, 3.63) is 36.0 Å². The molecule has 1 heterocycles. The average Bonchev–Trinajstić information content (AvgIpc) is 3.09. The van der Waals surface area contributed by atoms with Crippen LogP contribution in [0.1, 0.15) is 37.7 Å². The van der Waals surface area contributed by atoms with Crippen molar-refractivity contribution in [3.8, 4) is 0 Å². The molecular formula is C19H26N2O2. The lowest BCUT2D eigenvalue weighted by molar-refractivity contribution is -0.133. The summed E-state index contributed by atoms with van der Waals surface area (Å²) in [6, 6.07) is 8.28. The minimum absolute atomic E-state index is 0.109. The summed E-state index contributed by atoms with van der Waals surface area (Å²) in [4.78, 5) is 14.1. The molecule has 0 aliphatic heterocycles. The molecule has 4 nitrogen and oxygen atoms in total. The third-order valence-corrected chi connectivity index (χ3v) is 5.08. The zero-order valence-electron chi connectivity index (χ0n) is 14.1. The van der Waals surface area contributed by atoms with Crippen molar-refractivity contribution in [2.24, 2.45) is 7.05 Å². The number of aryl methyl sites for hydroxylation is 2. The highest BCUT2D eigenvalue weighted by Gasteiger charge is 2.33. The van der Waals surface area contributed by atoms with E-state index in [0.717, 1.165) is 32.1 Å². The van der Waals surface area contributed by atoms with Gasteiger partial charge in [-0.25, -0.2) is 0 Å². The van der Waals surface area contributed by atoms with Crippen LogP contribution in [0.25, 0.3) is 10.9 Å². The first-order valence-corrected chi connectivity index (χ1v) is 8.48. The third-order valence-electron chi connectivity index (χ3n) is 5.08. The smallest absolute Gasteiger partial charge is 0.222 e. The van der Waals surface area contributed by atoms with Crippen LogP contribution in [0.3, 0.4) is 0 Å². The number of carbonyl (C=O) groups is 1. The lowest BCUT2D eigenvalue weighted by Gasteiger charge is -2.28. The van der Waals surface area contributed by atoms with Gasteiger partial charge in [0.25, 0.3) is 0 Å². The highest BCUT2D eigenvalue weighted by molar-refractivity contribution is 5.84. The number of amides is 1. The second kappa shape index (κ2) is 6.36. The van der Waals surface area contributed by atoms with E-state index >= 15 is 0 Å². The summed E-state index contributed by atoms with van der Waals surface area (Å²) < 4.78 is 2.11. The molecule has 1 amide bonds. The van der Waals surface area contributed by atoms with E-state index in [1.54, 1.807) is 4.90 Å². The largest absolute Gasteiger partial charge is 0.388 e. The van der Waals surface area contributed by atoms with E-state index in [4.69, 9.17) is 0 Å². The number of rotatable bonds is 5. The van der Waals surface area contributed by atoms with E-state index in [-0.39, 0.29) is 5.91 Å². The maximum Gasteiger partial charge on any atom is 0.222 e. The van der Waals surface area contributed by atoms with E-state index in [1.165, 1.54) is 16.5 Å². The molecular weight excluding hydrogens is 288 g/mol. The van der Waals surface area contributed by atoms with Gasteiger partial charge in [-0.3, -0.25) is 4.79 Å². The molecule has 0 saturated heterocycles. The first kappa shape index (κ1) is 16.1. The van der Waals surface area contributed by atoms with Gasteiger partial charge >= 0.3 is 0 Å². The quantitative estimate of drug-likeness (QED) is 0.922. The zero-order chi connectivity index (χ0) is 16.4. The number of aliphatic hydroxyl groups is 1. The predicted molar refractivity (Wildman–Crippen MR) is 92.3 cm³/mol. The minimum Gasteiger partial charge on any atom is -0.388 e. The highest BCUT2D eigenvalue weighted by atomic mass is 16.3. The molecule has 0 unspecified atom stereocenters. The summed E-state index contributed by atoms with van der Waals surface area (Å²) in [5, 5.41) is 11.7. The standard InChI is InChI=1S/C19H26N2O2/c1-20-13-15(16-7-3-4-8-17(16)20)9-10-18(22)21(2)14-19(23)11-5-6-12-19/h3-4,7-8,13,23H,5-6,9-12,14H2,1-2H3. The predicted octanol–water partition coefficient (Wildman–Crippen LogP) is 2.87. The molecule has 2 aromatic rings. The molecule has 1 fully saturated rings. The number of fused-ring (bicyclic) bond motifs is 1. The Kier molecular flexibility index (Phi) is 4.44. The lowest BCUT2D eigenvalue weighted by Crippen LogP contribution is -2.42. The van der Waals surface area contributed by atoms with Gasteiger partial charge in [0.1, 0.15) is 0 Å². The first-order chi connectivity index (χ1) is 11.0. The van der Waals surface area contributed by atoms with Crippen molar-refractivity contribution in [1.29, 1.82) is 0 Å². The summed E-state index contributed by atoms with van der Waals surface area (Å²) in [5.74, 6) is 0.109. The van der Waals surface area contributed by atoms with Gasteiger partial charge in [-0.1, -0.05) is 31.0 Å². The molecule has 124 valence electrons. The van der Waals surface area contributed by atoms with Gasteiger partial charge in [0.15, 0.2) is 0 Å². The number of hydrogen-bond acceptors (Lipinski definition) is 2. The van der Waals surface area contributed by atoms with Crippen molar-refractivity contribution in [2.45, 2.75) is 44.1 Å². The topological polar surface area (TPSA) is 45.5 Å². The van der Waals surface area contributed by atoms with E-state index in [9.17, 15) is 9.90 Å². The van der Waals surface area contributed by atoms with Crippen LogP contribution in [0.4, 0.5) is 0 Å². The van der Waals surface area contributed by atoms with Gasteiger partial charge in [-0.15, -0.1) is 0 Å². The van der Waals surface area contributed by atoms with Gasteiger partial charge in [-0.05, 0) is 30.9 Å². The maximum atomic E-state index is 12.4. The molecule has 0 spiro atoms. The minimum atomic E-state index is -0.663. The number of hydrogen-bond donors (Lipinski definition) is 1. The van der Waals surface area contributed by atoms with E-state index in [2.05, 4.69) is 22.9 Å². The fraction of sp³-hybridized carbons (Fsp3) is 0.526. The Hall–Kier alpha value is -1.81. The number of likely N-dealkylation sites (N-methyl/N-ethyl adjacent to an activating group) is 1. The molecule has 0 radical (unpaired) electrons. The van der Waals surface area contributed by atoms with E-state index in [1.807, 2.05) is 26.2 Å². The Morgan fingerprint density at radius 2 is 2.00 bits per heavy atom. The normalized spacial score (nSPS) is 16.8. The summed E-state index contributed by atoms with van der Waals surface area (Å²) in [7, 11) is 3.84. The third kappa shape index (κ3) is 3.42. The van der Waals surface area contributed by atoms with Crippen LogP contribution in [0.15, 0.2) is 30.5 Å². The molecule has 0 atom stereocenters. The Balaban J connectivity index is 1.61. The first-order valence-electron chi connectivity index (χ1n) is 8.48. The van der Waals surface area contributed by atoms with E-state index < -0.39 is 5.60 Å². The second-order valence-electron chi connectivity index (χ2n) is 6.96. The molecule has 1 aliphatic rings. The maximum absolute atomic E-state index is 12.4. The van der Waals surface area contributed by atoms with Crippen LogP contribution in [0.5, 0.6) is 0 Å². The molecule has 23 heavy (non-hydrogen) atoms. The molecule has 4 heteroatoms. The average molecular weight is 314 g/mol. The van der Waals surface area contributed by atoms with Crippen LogP contribution < -0.4 is 0 Å². The zero-order valence-corrected chi connectivity index (χ0v) is 14.1. The second-order valence-corrected chi connectivity index (χ2v) is 6.96. The Morgan fingerprint density at radius 1 is 1.30 bits per heavy atom. The van der Waals surface area contributed by atoms with Crippen LogP contribution >= 0.6 is 0 Å². The van der Waals surface area contributed by atoms with Crippen LogP contribution in [0, 0.1) is 0 Å². The van der Waals surface area contributed by atoms with Gasteiger partial charge in [0, 0.05) is 44.2 Å². The number of para-hydroxylation sites is 1. The Morgan fingerprint density at radius 3 is 2.74 bits per heavy atom. The molecule has 1 aliphatic carbocycles. The van der Waals surface area contributed by atoms with Crippen molar-refractivity contribution in [3.63, 3.8) is 0 Å². The summed E-state index contributed by atoms with van der Waals surface area (Å²) in [6.45, 7) is 0.460. The fourth-order valence-corrected chi connectivity index (χ4v) is 3.78. The number of carbonyl (C=O) groups excluding carboxylic acids is 1. The van der Waals surface area contributed by atoms with Crippen molar-refractivity contribution < 1.29 is 9.90 Å². The molecule has 1 aromatic carbocycles. The fourth-order valence-electron chi connectivity index (χ4n) is 3.78. The highest BCUT2D eigenvalue weighted by Crippen LogP contribution is 2.30. The van der Waals surface area contributed by atoms with Crippen molar-refractivity contribution in [1.82, 2.24) is 9.47 Å². The Labute approximate surface area is 137 Å². The van der Waals surface area contributed by atoms with Gasteiger partial charge in [0.05, 0.1) is 5.60 Å². The molecule has 3 rings (SSSR count). The molecule has 1 aromatic heterocycles. The summed E-state index contributed by atoms with van der Waals surface area (Å²) in [6.07, 6.45) is 7.09. The van der Waals surface area contributed by atoms with Crippen LogP contribution in [0.2, 0.25) is 0 Å². The van der Waals surface area contributed by atoms with Gasteiger partial charge in [0.2, 0.25) is 5.91 Å². The lowest BCUT2D eigenvalue weighted by atomic mass is 10.0. The summed E-state index contributed by atoms with van der Waals surface area (Å²) >= 11 is 0. The molecule has 0 bridgehead atoms. The van der Waals surface area contributed by atoms with Crippen LogP contribution in [-0.2, 0) is 18.3 Å². The molecule has 1 N–H and O–H groups in total. The molecule has 1 saturated carbocycles. The van der Waals surface area contributed by atoms with Crippen molar-refractivity contribution in [2.75, 3.05) is 13.6 Å². The van der Waals surface area contributed by atoms with Crippen LogP contribution in [-0.4, -0.2) is 39.7 Å². The van der Waals surface area contributed by atoms with Gasteiger partial charge in [-0.2, -0.15) is 0 Å². The number of benzene rings is 1. The number of aromatic nitrogens is 1. The van der Waals surface area contributed by atoms with Gasteiger partial charge < -0.3 is 14.6 Å². The number of nitrogens with zero attached hydrogens (tertiary/aromatic N) is 2. The summed E-state index contributed by atoms with van der Waals surface area (Å²) in [5.41, 5.74) is 1.75. The Bertz CT molecular complexity index is 698. The van der Waals surface area contributed by atoms with E-state index in [0.29, 0.717) is 13.0 Å². The van der Waals surface area contributed by atoms with Crippen molar-refractivity contribution >= 4 is 16.8 Å². The monoisotopic (exact) mass is 314 g/mol.